The van der Waals surface area contributed by atoms with E-state index in [9.17, 15) is 9.59 Å². The first-order valence-corrected chi connectivity index (χ1v) is 10.8. The fourth-order valence-electron chi connectivity index (χ4n) is 3.20. The lowest BCUT2D eigenvalue weighted by atomic mass is 10.1. The van der Waals surface area contributed by atoms with Gasteiger partial charge in [-0.2, -0.15) is 4.80 Å². The number of carbonyl (C=O) groups is 2. The van der Waals surface area contributed by atoms with Gasteiger partial charge in [0.1, 0.15) is 12.4 Å². The predicted octanol–water partition coefficient (Wildman–Crippen LogP) is 2.37. The molecule has 1 aromatic heterocycles. The summed E-state index contributed by atoms with van der Waals surface area (Å²) in [7, 11) is 1.58. The molecule has 10 heteroatoms. The van der Waals surface area contributed by atoms with Crippen LogP contribution in [0.1, 0.15) is 21.5 Å². The Morgan fingerprint density at radius 2 is 1.71 bits per heavy atom. The first-order chi connectivity index (χ1) is 17.1. The molecule has 178 valence electrons. The largest absolute Gasteiger partial charge is 0.497 e. The van der Waals surface area contributed by atoms with Crippen molar-refractivity contribution >= 4 is 11.8 Å². The van der Waals surface area contributed by atoms with Crippen LogP contribution in [0.3, 0.4) is 0 Å². The summed E-state index contributed by atoms with van der Waals surface area (Å²) in [5.41, 5.74) is 7.77. The van der Waals surface area contributed by atoms with Gasteiger partial charge >= 0.3 is 0 Å². The zero-order valence-corrected chi connectivity index (χ0v) is 19.0. The van der Waals surface area contributed by atoms with Gasteiger partial charge in [0.25, 0.3) is 11.8 Å². The molecule has 0 aliphatic carbocycles. The third-order valence-electron chi connectivity index (χ3n) is 4.98. The molecule has 0 aliphatic rings. The molecule has 0 atom stereocenters. The van der Waals surface area contributed by atoms with Crippen LogP contribution in [0.25, 0.3) is 11.4 Å². The lowest BCUT2D eigenvalue weighted by Gasteiger charge is -2.09. The topological polar surface area (TPSA) is 120 Å². The number of benzene rings is 3. The van der Waals surface area contributed by atoms with Crippen LogP contribution in [-0.4, -0.2) is 45.7 Å². The summed E-state index contributed by atoms with van der Waals surface area (Å²) >= 11 is 0. The van der Waals surface area contributed by atoms with Gasteiger partial charge in [0, 0.05) is 11.1 Å². The summed E-state index contributed by atoms with van der Waals surface area (Å²) in [6.45, 7) is 0.447. The molecule has 1 heterocycles. The van der Waals surface area contributed by atoms with Crippen molar-refractivity contribution in [2.45, 2.75) is 13.2 Å². The number of amides is 2. The molecule has 4 rings (SSSR count). The van der Waals surface area contributed by atoms with Crippen molar-refractivity contribution in [1.82, 2.24) is 31.1 Å². The Bertz CT molecular complexity index is 1270. The number of rotatable bonds is 9. The van der Waals surface area contributed by atoms with Gasteiger partial charge in [-0.05, 0) is 40.6 Å². The maximum absolute atomic E-state index is 12.3. The number of hydrogen-bond acceptors (Lipinski definition) is 7. The summed E-state index contributed by atoms with van der Waals surface area (Å²) in [6.07, 6.45) is 0. The summed E-state index contributed by atoms with van der Waals surface area (Å²) in [5, 5.41) is 12.5. The molecule has 4 aromatic rings. The number of carbonyl (C=O) groups excluding carboxylic acids is 2. The van der Waals surface area contributed by atoms with E-state index in [-0.39, 0.29) is 13.2 Å². The van der Waals surface area contributed by atoms with Crippen molar-refractivity contribution in [3.63, 3.8) is 0 Å². The highest BCUT2D eigenvalue weighted by molar-refractivity contribution is 5.95. The number of nitrogens with one attached hydrogen (secondary N) is 2. The van der Waals surface area contributed by atoms with Gasteiger partial charge in [-0.15, -0.1) is 10.2 Å². The van der Waals surface area contributed by atoms with Crippen LogP contribution in [0, 0.1) is 0 Å². The molecule has 0 saturated carbocycles. The number of nitrogens with zero attached hydrogens (tertiary/aromatic N) is 4. The van der Waals surface area contributed by atoms with E-state index >= 15 is 0 Å². The maximum atomic E-state index is 12.3. The Kier molecular flexibility index (Phi) is 7.77. The van der Waals surface area contributed by atoms with Crippen LogP contribution in [0.2, 0.25) is 0 Å². The fraction of sp³-hybridized carbons (Fsp3) is 0.160. The minimum Gasteiger partial charge on any atom is -0.497 e. The average Bonchev–Trinajstić information content (AvgIpc) is 3.37. The molecule has 0 aliphatic heterocycles. The quantitative estimate of drug-likeness (QED) is 0.359. The van der Waals surface area contributed by atoms with Crippen LogP contribution in [-0.2, 0) is 22.7 Å². The predicted molar refractivity (Wildman–Crippen MR) is 127 cm³/mol. The van der Waals surface area contributed by atoms with E-state index in [4.69, 9.17) is 9.47 Å². The molecule has 2 amide bonds. The molecule has 2 N–H and O–H groups in total. The molecule has 3 aromatic carbocycles. The second-order valence-electron chi connectivity index (χ2n) is 7.55. The first kappa shape index (κ1) is 23.6. The van der Waals surface area contributed by atoms with E-state index in [1.165, 1.54) is 4.80 Å². The number of methoxy groups -OCH3 is 1. The number of hydrogen-bond donors (Lipinski definition) is 2. The van der Waals surface area contributed by atoms with Crippen molar-refractivity contribution in [1.29, 1.82) is 0 Å². The van der Waals surface area contributed by atoms with Gasteiger partial charge in [-0.1, -0.05) is 54.6 Å². The summed E-state index contributed by atoms with van der Waals surface area (Å²) in [5.74, 6) is 0.348. The number of tetrazole rings is 1. The normalized spacial score (nSPS) is 10.5. The van der Waals surface area contributed by atoms with E-state index < -0.39 is 11.8 Å². The van der Waals surface area contributed by atoms with Gasteiger partial charge in [-0.3, -0.25) is 20.4 Å². The lowest BCUT2D eigenvalue weighted by Crippen LogP contribution is -2.43. The molecule has 0 fully saturated rings. The molecule has 10 nitrogen and oxygen atoms in total. The van der Waals surface area contributed by atoms with Crippen LogP contribution in [0.5, 0.6) is 5.75 Å². The van der Waals surface area contributed by atoms with Crippen molar-refractivity contribution in [3.05, 3.63) is 95.6 Å². The number of ether oxygens (including phenoxy) is 2. The molecule has 0 spiro atoms. The Hall–Kier alpha value is -4.57. The smallest absolute Gasteiger partial charge is 0.269 e. The Morgan fingerprint density at radius 1 is 0.914 bits per heavy atom. The van der Waals surface area contributed by atoms with E-state index in [0.717, 1.165) is 16.7 Å². The molecule has 0 saturated heterocycles. The van der Waals surface area contributed by atoms with E-state index in [1.54, 1.807) is 31.4 Å². The van der Waals surface area contributed by atoms with Crippen LogP contribution in [0.15, 0.2) is 78.9 Å². The van der Waals surface area contributed by atoms with Gasteiger partial charge in [0.05, 0.1) is 20.3 Å². The number of hydrazine groups is 1. The van der Waals surface area contributed by atoms with E-state index in [0.29, 0.717) is 23.7 Å². The monoisotopic (exact) mass is 472 g/mol. The Morgan fingerprint density at radius 3 is 2.49 bits per heavy atom. The zero-order chi connectivity index (χ0) is 24.5. The summed E-state index contributed by atoms with van der Waals surface area (Å²) in [4.78, 5) is 25.8. The summed E-state index contributed by atoms with van der Waals surface area (Å²) in [6, 6.07) is 23.8. The van der Waals surface area contributed by atoms with Crippen LogP contribution in [0.4, 0.5) is 0 Å². The number of aromatic nitrogens is 4. The average molecular weight is 473 g/mol. The van der Waals surface area contributed by atoms with E-state index in [1.807, 2.05) is 54.6 Å². The zero-order valence-electron chi connectivity index (χ0n) is 19.0. The minimum atomic E-state index is -0.468. The highest BCUT2D eigenvalue weighted by atomic mass is 16.5. The van der Waals surface area contributed by atoms with Crippen LogP contribution < -0.4 is 15.6 Å². The van der Waals surface area contributed by atoms with Crippen molar-refractivity contribution in [2.75, 3.05) is 13.7 Å². The van der Waals surface area contributed by atoms with E-state index in [2.05, 4.69) is 26.3 Å². The third kappa shape index (κ3) is 6.71. The van der Waals surface area contributed by atoms with Crippen molar-refractivity contribution in [2.24, 2.45) is 0 Å². The first-order valence-electron chi connectivity index (χ1n) is 10.8. The summed E-state index contributed by atoms with van der Waals surface area (Å²) < 4.78 is 10.5. The highest BCUT2D eigenvalue weighted by Crippen LogP contribution is 2.14. The Balaban J connectivity index is 1.21. The SMILES string of the molecule is COc1cccc(COCC(=O)NNC(=O)c2ccc(Cn3nnc(-c4ccccc4)n3)cc2)c1. The van der Waals surface area contributed by atoms with Gasteiger partial charge in [0.2, 0.25) is 5.82 Å². The lowest BCUT2D eigenvalue weighted by molar-refractivity contribution is -0.126. The molecule has 0 bridgehead atoms. The molecule has 35 heavy (non-hydrogen) atoms. The molecular weight excluding hydrogens is 448 g/mol. The molecule has 0 radical (unpaired) electrons. The highest BCUT2D eigenvalue weighted by Gasteiger charge is 2.09. The van der Waals surface area contributed by atoms with Gasteiger partial charge < -0.3 is 9.47 Å². The van der Waals surface area contributed by atoms with Gasteiger partial charge in [-0.25, -0.2) is 0 Å². The maximum Gasteiger partial charge on any atom is 0.269 e. The second kappa shape index (κ2) is 11.5. The van der Waals surface area contributed by atoms with Gasteiger partial charge in [0.15, 0.2) is 0 Å². The fourth-order valence-corrected chi connectivity index (χ4v) is 3.20. The minimum absolute atomic E-state index is 0.202. The van der Waals surface area contributed by atoms with Crippen LogP contribution >= 0.6 is 0 Å². The van der Waals surface area contributed by atoms with Crippen molar-refractivity contribution in [3.8, 4) is 17.1 Å². The van der Waals surface area contributed by atoms with Crippen molar-refractivity contribution < 1.29 is 19.1 Å². The standard InChI is InChI=1S/C25H24N6O4/c1-34-22-9-5-6-19(14-22)16-35-17-23(32)26-28-25(33)21-12-10-18(11-13-21)15-31-29-24(27-30-31)20-7-3-2-4-8-20/h2-14H,15-17H2,1H3,(H,26,32)(H,28,33). The molecular formula is C25H24N6O4. The molecule has 0 unspecified atom stereocenters. The third-order valence-corrected chi connectivity index (χ3v) is 4.98. The Labute approximate surface area is 201 Å². The second-order valence-corrected chi connectivity index (χ2v) is 7.55.